The van der Waals surface area contributed by atoms with Crippen LogP contribution < -0.4 is 4.74 Å². The predicted molar refractivity (Wildman–Crippen MR) is 106 cm³/mol. The minimum absolute atomic E-state index is 0.127. The van der Waals surface area contributed by atoms with E-state index in [1.165, 1.54) is 24.3 Å². The molecule has 0 atom stereocenters. The van der Waals surface area contributed by atoms with Crippen LogP contribution in [0.3, 0.4) is 0 Å². The van der Waals surface area contributed by atoms with Crippen LogP contribution in [-0.4, -0.2) is 48.0 Å². The minimum Gasteiger partial charge on any atom is -0.487 e. The Bertz CT molecular complexity index is 702. The molecule has 0 aliphatic carbocycles. The maximum absolute atomic E-state index is 12.4. The lowest BCUT2D eigenvalue weighted by Crippen LogP contribution is -2.32. The Morgan fingerprint density at radius 3 is 2.54 bits per heavy atom. The normalized spacial score (nSPS) is 10.7. The molecule has 28 heavy (non-hydrogen) atoms. The molecule has 1 aromatic carbocycles. The van der Waals surface area contributed by atoms with Crippen molar-refractivity contribution in [1.82, 2.24) is 4.90 Å². The molecule has 0 spiro atoms. The summed E-state index contributed by atoms with van der Waals surface area (Å²) in [7, 11) is 0. The third kappa shape index (κ3) is 7.77. The number of esters is 1. The lowest BCUT2D eigenvalue weighted by molar-refractivity contribution is -0.385. The molecule has 0 unspecified atom stereocenters. The molecule has 0 heterocycles. The molecule has 154 valence electrons. The summed E-state index contributed by atoms with van der Waals surface area (Å²) in [5.41, 5.74) is 0.376. The Balaban J connectivity index is 2.85. The highest BCUT2D eigenvalue weighted by atomic mass is 16.6. The highest BCUT2D eigenvalue weighted by molar-refractivity contribution is 5.92. The van der Waals surface area contributed by atoms with Gasteiger partial charge in [-0.3, -0.25) is 19.7 Å². The SMILES string of the molecule is CCCOc1ccc(/C=C/C(=O)N(CCC)CCC(=O)OCC)cc1[N+](=O)[O-]. The third-order valence-electron chi connectivity index (χ3n) is 3.76. The molecule has 1 aromatic rings. The van der Waals surface area contributed by atoms with Gasteiger partial charge in [0.05, 0.1) is 24.6 Å². The van der Waals surface area contributed by atoms with Crippen molar-refractivity contribution in [3.8, 4) is 5.75 Å². The van der Waals surface area contributed by atoms with E-state index < -0.39 is 4.92 Å². The van der Waals surface area contributed by atoms with Crippen LogP contribution in [0.4, 0.5) is 5.69 Å². The van der Waals surface area contributed by atoms with Crippen LogP contribution in [-0.2, 0) is 14.3 Å². The van der Waals surface area contributed by atoms with Gasteiger partial charge >= 0.3 is 11.7 Å². The lowest BCUT2D eigenvalue weighted by atomic mass is 10.1. The van der Waals surface area contributed by atoms with E-state index in [-0.39, 0.29) is 36.3 Å². The summed E-state index contributed by atoms with van der Waals surface area (Å²) in [6.45, 7) is 7.04. The highest BCUT2D eigenvalue weighted by Gasteiger charge is 2.16. The monoisotopic (exact) mass is 392 g/mol. The predicted octanol–water partition coefficient (Wildman–Crippen LogP) is 3.59. The van der Waals surface area contributed by atoms with Crippen molar-refractivity contribution in [2.75, 3.05) is 26.3 Å². The number of benzene rings is 1. The van der Waals surface area contributed by atoms with Gasteiger partial charge in [0.1, 0.15) is 0 Å². The average molecular weight is 392 g/mol. The fourth-order valence-corrected chi connectivity index (χ4v) is 2.45. The Morgan fingerprint density at radius 2 is 1.93 bits per heavy atom. The summed E-state index contributed by atoms with van der Waals surface area (Å²) in [5.74, 6) is -0.406. The molecule has 0 saturated carbocycles. The molecule has 0 aliphatic heterocycles. The summed E-state index contributed by atoms with van der Waals surface area (Å²) in [6, 6.07) is 4.56. The largest absolute Gasteiger partial charge is 0.487 e. The zero-order chi connectivity index (χ0) is 20.9. The molecule has 1 amide bonds. The van der Waals surface area contributed by atoms with E-state index in [1.54, 1.807) is 17.9 Å². The summed E-state index contributed by atoms with van der Waals surface area (Å²) in [4.78, 5) is 36.2. The summed E-state index contributed by atoms with van der Waals surface area (Å²) in [6.07, 6.45) is 4.49. The minimum atomic E-state index is -0.507. The third-order valence-corrected chi connectivity index (χ3v) is 3.76. The van der Waals surface area contributed by atoms with E-state index in [0.29, 0.717) is 25.3 Å². The quantitative estimate of drug-likeness (QED) is 0.233. The number of rotatable bonds is 12. The van der Waals surface area contributed by atoms with Crippen LogP contribution in [0.2, 0.25) is 0 Å². The van der Waals surface area contributed by atoms with E-state index in [0.717, 1.165) is 12.8 Å². The van der Waals surface area contributed by atoms with E-state index >= 15 is 0 Å². The van der Waals surface area contributed by atoms with Gasteiger partial charge < -0.3 is 14.4 Å². The number of hydrogen-bond donors (Lipinski definition) is 0. The molecular weight excluding hydrogens is 364 g/mol. The zero-order valence-electron chi connectivity index (χ0n) is 16.7. The first kappa shape index (κ1) is 23.1. The standard InChI is InChI=1S/C20H28N2O6/c1-4-12-21(13-11-20(24)27-6-3)19(23)10-8-16-7-9-18(28-14-5-2)17(15-16)22(25)26/h7-10,15H,4-6,11-14H2,1-3H3/b10-8+. The van der Waals surface area contributed by atoms with Crippen LogP contribution in [0.1, 0.15) is 45.6 Å². The Labute approximate surface area is 165 Å². The molecule has 8 heteroatoms. The molecule has 1 rings (SSSR count). The second-order valence-electron chi connectivity index (χ2n) is 6.05. The van der Waals surface area contributed by atoms with Gasteiger partial charge in [-0.1, -0.05) is 19.9 Å². The van der Waals surface area contributed by atoms with Gasteiger partial charge in [0.25, 0.3) is 0 Å². The number of hydrogen-bond acceptors (Lipinski definition) is 6. The Kier molecular flexibility index (Phi) is 10.3. The zero-order valence-corrected chi connectivity index (χ0v) is 16.7. The van der Waals surface area contributed by atoms with Crippen LogP contribution >= 0.6 is 0 Å². The topological polar surface area (TPSA) is 99.0 Å². The number of nitro benzene ring substituents is 1. The summed E-state index contributed by atoms with van der Waals surface area (Å²) < 4.78 is 10.3. The van der Waals surface area contributed by atoms with Gasteiger partial charge in [-0.25, -0.2) is 0 Å². The number of amides is 1. The van der Waals surface area contributed by atoms with Crippen LogP contribution in [0.15, 0.2) is 24.3 Å². The first-order valence-electron chi connectivity index (χ1n) is 9.46. The molecule has 0 aliphatic rings. The van der Waals surface area contributed by atoms with Crippen molar-refractivity contribution in [2.24, 2.45) is 0 Å². The molecule has 0 aromatic heterocycles. The molecule has 0 fully saturated rings. The number of carbonyl (C=O) groups is 2. The van der Waals surface area contributed by atoms with Gasteiger partial charge in [-0.2, -0.15) is 0 Å². The second kappa shape index (κ2) is 12.5. The van der Waals surface area contributed by atoms with Gasteiger partial charge in [0.15, 0.2) is 5.75 Å². The van der Waals surface area contributed by atoms with Crippen molar-refractivity contribution in [3.63, 3.8) is 0 Å². The summed E-state index contributed by atoms with van der Waals surface area (Å²) >= 11 is 0. The first-order valence-corrected chi connectivity index (χ1v) is 9.46. The lowest BCUT2D eigenvalue weighted by Gasteiger charge is -2.20. The molecule has 8 nitrogen and oxygen atoms in total. The van der Waals surface area contributed by atoms with Gasteiger partial charge in [-0.15, -0.1) is 0 Å². The smallest absolute Gasteiger partial charge is 0.311 e. The van der Waals surface area contributed by atoms with Crippen molar-refractivity contribution in [3.05, 3.63) is 40.0 Å². The van der Waals surface area contributed by atoms with Crippen molar-refractivity contribution >= 4 is 23.6 Å². The number of nitro groups is 1. The Morgan fingerprint density at radius 1 is 1.18 bits per heavy atom. The van der Waals surface area contributed by atoms with Gasteiger partial charge in [0, 0.05) is 25.2 Å². The molecule has 0 N–H and O–H groups in total. The molecule has 0 saturated heterocycles. The van der Waals surface area contributed by atoms with Crippen molar-refractivity contribution in [1.29, 1.82) is 0 Å². The molecular formula is C20H28N2O6. The van der Waals surface area contributed by atoms with E-state index in [1.807, 2.05) is 13.8 Å². The van der Waals surface area contributed by atoms with Gasteiger partial charge in [-0.05, 0) is 37.5 Å². The average Bonchev–Trinajstić information content (AvgIpc) is 2.68. The number of nitrogens with zero attached hydrogens (tertiary/aromatic N) is 2. The van der Waals surface area contributed by atoms with E-state index in [9.17, 15) is 19.7 Å². The van der Waals surface area contributed by atoms with Crippen LogP contribution in [0, 0.1) is 10.1 Å². The second-order valence-corrected chi connectivity index (χ2v) is 6.05. The maximum atomic E-state index is 12.4. The molecule has 0 radical (unpaired) electrons. The first-order chi connectivity index (χ1) is 13.4. The fourth-order valence-electron chi connectivity index (χ4n) is 2.45. The maximum Gasteiger partial charge on any atom is 0.311 e. The number of carbonyl (C=O) groups excluding carboxylic acids is 2. The van der Waals surface area contributed by atoms with E-state index in [4.69, 9.17) is 9.47 Å². The van der Waals surface area contributed by atoms with Crippen LogP contribution in [0.25, 0.3) is 6.08 Å². The fraction of sp³-hybridized carbons (Fsp3) is 0.500. The summed E-state index contributed by atoms with van der Waals surface area (Å²) in [5, 5.41) is 11.3. The highest BCUT2D eigenvalue weighted by Crippen LogP contribution is 2.28. The van der Waals surface area contributed by atoms with Crippen molar-refractivity contribution < 1.29 is 24.0 Å². The Hall–Kier alpha value is -2.90. The van der Waals surface area contributed by atoms with Crippen LogP contribution in [0.5, 0.6) is 5.75 Å². The van der Waals surface area contributed by atoms with Crippen molar-refractivity contribution in [2.45, 2.75) is 40.0 Å². The number of ether oxygens (including phenoxy) is 2. The molecule has 0 bridgehead atoms. The van der Waals surface area contributed by atoms with E-state index in [2.05, 4.69) is 0 Å². The van der Waals surface area contributed by atoms with Gasteiger partial charge in [0.2, 0.25) is 5.91 Å².